The standard InChI is InChI=1S/C24H19.3ClH.Ti/c1-4-11-19(12-5-1)22-17-10-18-23(22)24(20-13-6-2-7-14-20)21-15-8-3-9-16-21;;;;/h1-18,24H;3*1H;/q;;;;+3/p-3. The van der Waals surface area contributed by atoms with E-state index in [0.29, 0.717) is 0 Å². The number of rotatable bonds is 4. The Balaban J connectivity index is 0.00000131. The van der Waals surface area contributed by atoms with Crippen molar-refractivity contribution in [3.8, 4) is 0 Å². The monoisotopic (exact) mass is 460 g/mol. The van der Waals surface area contributed by atoms with Crippen molar-refractivity contribution in [2.75, 3.05) is 0 Å². The summed E-state index contributed by atoms with van der Waals surface area (Å²) in [7, 11) is 0. The van der Waals surface area contributed by atoms with E-state index in [-0.39, 0.29) is 46.9 Å². The number of allylic oxidation sites excluding steroid dienone is 4. The zero-order valence-electron chi connectivity index (χ0n) is 15.1. The summed E-state index contributed by atoms with van der Waals surface area (Å²) in [6.07, 6.45) is 6.84. The van der Waals surface area contributed by atoms with Crippen LogP contribution in [0.15, 0.2) is 109 Å². The van der Waals surface area contributed by atoms with Crippen LogP contribution < -0.4 is 37.2 Å². The molecule has 1 aliphatic rings. The molecular formula is C24H19Cl3Ti. The Hall–Kier alpha value is -1.28. The van der Waals surface area contributed by atoms with Gasteiger partial charge in [-0.3, -0.25) is 0 Å². The first kappa shape index (κ1) is 24.8. The zero-order chi connectivity index (χ0) is 17.1. The van der Waals surface area contributed by atoms with Crippen LogP contribution in [-0.4, -0.2) is 0 Å². The van der Waals surface area contributed by atoms with Crippen LogP contribution in [0, 0.1) is 0 Å². The van der Waals surface area contributed by atoms with Gasteiger partial charge >= 0.3 is 162 Å². The van der Waals surface area contributed by atoms with Gasteiger partial charge in [0.25, 0.3) is 0 Å². The molecule has 0 amide bonds. The van der Waals surface area contributed by atoms with Crippen molar-refractivity contribution < 1.29 is 57.7 Å². The van der Waals surface area contributed by atoms with E-state index in [0.717, 1.165) is 0 Å². The van der Waals surface area contributed by atoms with E-state index in [1.807, 2.05) is 0 Å². The molecule has 0 nitrogen and oxygen atoms in total. The van der Waals surface area contributed by atoms with E-state index < -0.39 is 0 Å². The minimum atomic E-state index is -0.0793. The predicted molar refractivity (Wildman–Crippen MR) is 101 cm³/mol. The summed E-state index contributed by atoms with van der Waals surface area (Å²) in [5.74, 6) is 0.278. The van der Waals surface area contributed by atoms with Crippen LogP contribution in [0.4, 0.5) is 0 Å². The summed E-state index contributed by atoms with van der Waals surface area (Å²) in [6.45, 7) is 0. The molecule has 0 aliphatic heterocycles. The molecule has 140 valence electrons. The minimum absolute atomic E-state index is 0. The molecule has 4 heteroatoms. The summed E-state index contributed by atoms with van der Waals surface area (Å²) < 4.78 is -0.0793. The van der Waals surface area contributed by atoms with Gasteiger partial charge in [-0.1, -0.05) is 0 Å². The van der Waals surface area contributed by atoms with Crippen molar-refractivity contribution in [3.05, 3.63) is 126 Å². The Bertz CT molecular complexity index is 869. The molecule has 0 bridgehead atoms. The summed E-state index contributed by atoms with van der Waals surface area (Å²) >= 11 is 2.36. The van der Waals surface area contributed by atoms with Crippen molar-refractivity contribution in [1.82, 2.24) is 0 Å². The molecule has 0 N–H and O–H groups in total. The van der Waals surface area contributed by atoms with Gasteiger partial charge < -0.3 is 37.2 Å². The Morgan fingerprint density at radius 1 is 0.607 bits per heavy atom. The average molecular weight is 462 g/mol. The summed E-state index contributed by atoms with van der Waals surface area (Å²) in [5, 5.41) is 0. The topological polar surface area (TPSA) is 0 Å². The molecule has 3 aromatic carbocycles. The number of hydrogen-bond donors (Lipinski definition) is 0. The fourth-order valence-electron chi connectivity index (χ4n) is 3.74. The number of benzene rings is 3. The average Bonchev–Trinajstić information content (AvgIpc) is 3.06. The molecular weight excluding hydrogens is 442 g/mol. The van der Waals surface area contributed by atoms with Crippen molar-refractivity contribution in [3.63, 3.8) is 0 Å². The van der Waals surface area contributed by atoms with Gasteiger partial charge in [0, 0.05) is 0 Å². The van der Waals surface area contributed by atoms with Crippen LogP contribution >= 0.6 is 0 Å². The molecule has 0 spiro atoms. The Kier molecular flexibility index (Phi) is 9.77. The fourth-order valence-corrected chi connectivity index (χ4v) is 4.76. The molecule has 3 aromatic rings. The van der Waals surface area contributed by atoms with Crippen molar-refractivity contribution >= 4 is 5.57 Å². The number of halogens is 3. The Labute approximate surface area is 197 Å². The van der Waals surface area contributed by atoms with Crippen molar-refractivity contribution in [2.24, 2.45) is 0 Å². The van der Waals surface area contributed by atoms with Gasteiger partial charge in [-0.25, -0.2) is 0 Å². The summed E-state index contributed by atoms with van der Waals surface area (Å²) in [6, 6.07) is 32.5. The van der Waals surface area contributed by atoms with Gasteiger partial charge in [-0.2, -0.15) is 0 Å². The molecule has 0 radical (unpaired) electrons. The zero-order valence-corrected chi connectivity index (χ0v) is 18.9. The predicted octanol–water partition coefficient (Wildman–Crippen LogP) is -2.81. The maximum atomic E-state index is 2.36. The van der Waals surface area contributed by atoms with Gasteiger partial charge in [0.15, 0.2) is 0 Å². The quantitative estimate of drug-likeness (QED) is 0.368. The SMILES string of the molecule is [Cl-].[Cl-].[Cl-].[Ti+3][C]1(C(c2ccccc2)c2ccccc2)C=CC=C1c1ccccc1. The van der Waals surface area contributed by atoms with E-state index in [9.17, 15) is 0 Å². The van der Waals surface area contributed by atoms with Crippen LogP contribution in [0.3, 0.4) is 0 Å². The van der Waals surface area contributed by atoms with Gasteiger partial charge in [0.05, 0.1) is 0 Å². The van der Waals surface area contributed by atoms with Crippen molar-refractivity contribution in [1.29, 1.82) is 0 Å². The second-order valence-electron chi connectivity index (χ2n) is 6.43. The van der Waals surface area contributed by atoms with E-state index in [4.69, 9.17) is 0 Å². The molecule has 1 unspecified atom stereocenters. The molecule has 0 aromatic heterocycles. The van der Waals surface area contributed by atoms with Gasteiger partial charge in [0.1, 0.15) is 0 Å². The third kappa shape index (κ3) is 4.82. The summed E-state index contributed by atoms with van der Waals surface area (Å²) in [4.78, 5) is 0. The van der Waals surface area contributed by atoms with Crippen molar-refractivity contribution in [2.45, 2.75) is 9.64 Å². The van der Waals surface area contributed by atoms with E-state index in [2.05, 4.69) is 130 Å². The molecule has 0 heterocycles. The molecule has 4 rings (SSSR count). The van der Waals surface area contributed by atoms with Crippen LogP contribution in [0.1, 0.15) is 22.6 Å². The molecule has 0 saturated carbocycles. The van der Waals surface area contributed by atoms with Crippen LogP contribution in [0.5, 0.6) is 0 Å². The third-order valence-electron chi connectivity index (χ3n) is 4.87. The van der Waals surface area contributed by atoms with Crippen LogP contribution in [0.25, 0.3) is 5.57 Å². The Morgan fingerprint density at radius 3 is 1.50 bits per heavy atom. The third-order valence-corrected chi connectivity index (χ3v) is 6.01. The molecule has 1 aliphatic carbocycles. The van der Waals surface area contributed by atoms with Gasteiger partial charge in [0.2, 0.25) is 0 Å². The first-order valence-corrected chi connectivity index (χ1v) is 9.37. The second-order valence-corrected chi connectivity index (χ2v) is 7.72. The van der Waals surface area contributed by atoms with Gasteiger partial charge in [-0.15, -0.1) is 0 Å². The molecule has 28 heavy (non-hydrogen) atoms. The van der Waals surface area contributed by atoms with Crippen LogP contribution in [0.2, 0.25) is 3.72 Å². The first-order chi connectivity index (χ1) is 12.3. The van der Waals surface area contributed by atoms with E-state index in [1.54, 1.807) is 0 Å². The summed E-state index contributed by atoms with van der Waals surface area (Å²) in [5.41, 5.74) is 5.38. The molecule has 0 saturated heterocycles. The normalized spacial score (nSPS) is 17.2. The molecule has 0 fully saturated rings. The van der Waals surface area contributed by atoms with Gasteiger partial charge in [-0.05, 0) is 0 Å². The molecule has 1 atom stereocenters. The van der Waals surface area contributed by atoms with Crippen LogP contribution in [-0.2, 0) is 20.4 Å². The Morgan fingerprint density at radius 2 is 1.04 bits per heavy atom. The van der Waals surface area contributed by atoms with E-state index >= 15 is 0 Å². The fraction of sp³-hybridized carbons (Fsp3) is 0.0833. The maximum absolute atomic E-state index is 2.36. The van der Waals surface area contributed by atoms with E-state index in [1.165, 1.54) is 22.3 Å². The first-order valence-electron chi connectivity index (χ1n) is 8.59. The number of hydrogen-bond acceptors (Lipinski definition) is 0. The second kappa shape index (κ2) is 11.0.